The summed E-state index contributed by atoms with van der Waals surface area (Å²) in [6.07, 6.45) is 0.0965. The van der Waals surface area contributed by atoms with Gasteiger partial charge in [-0.25, -0.2) is 4.79 Å². The van der Waals surface area contributed by atoms with Crippen molar-refractivity contribution in [2.45, 2.75) is 12.7 Å². The van der Waals surface area contributed by atoms with E-state index in [1.54, 1.807) is 48.7 Å². The number of aromatic nitrogens is 1. The van der Waals surface area contributed by atoms with Crippen molar-refractivity contribution >= 4 is 11.8 Å². The maximum atomic E-state index is 12.1. The van der Waals surface area contributed by atoms with Crippen molar-refractivity contribution in [2.75, 3.05) is 5.32 Å². The zero-order valence-corrected chi connectivity index (χ0v) is 13.5. The number of anilines is 1. The van der Waals surface area contributed by atoms with Gasteiger partial charge in [0.05, 0.1) is 11.4 Å². The first-order chi connectivity index (χ1) is 12.2. The lowest BCUT2D eigenvalue weighted by Crippen LogP contribution is -2.16. The Bertz CT molecular complexity index is 823. The summed E-state index contributed by atoms with van der Waals surface area (Å²) in [4.78, 5) is 16.2. The van der Waals surface area contributed by atoms with Crippen molar-refractivity contribution < 1.29 is 14.6 Å². The summed E-state index contributed by atoms with van der Waals surface area (Å²) in [6.45, 7) is 0.178. The van der Waals surface area contributed by atoms with E-state index in [0.29, 0.717) is 16.9 Å². The number of carbonyl (C=O) groups is 1. The van der Waals surface area contributed by atoms with Crippen LogP contribution in [0.25, 0.3) is 0 Å². The number of hydrogen-bond acceptors (Lipinski definition) is 4. The highest BCUT2D eigenvalue weighted by Gasteiger charge is 2.17. The molecule has 126 valence electrons. The smallest absolute Gasteiger partial charge is 0.411 e. The van der Waals surface area contributed by atoms with E-state index < -0.39 is 12.2 Å². The van der Waals surface area contributed by atoms with Crippen molar-refractivity contribution in [3.05, 3.63) is 95.8 Å². The maximum absolute atomic E-state index is 12.1. The fourth-order valence-corrected chi connectivity index (χ4v) is 2.42. The number of benzene rings is 2. The highest BCUT2D eigenvalue weighted by atomic mass is 16.5. The van der Waals surface area contributed by atoms with Crippen molar-refractivity contribution in [1.29, 1.82) is 0 Å². The normalized spacial score (nSPS) is 11.6. The average Bonchev–Trinajstić information content (AvgIpc) is 2.68. The third kappa shape index (κ3) is 4.43. The third-order valence-corrected chi connectivity index (χ3v) is 3.67. The molecule has 0 bridgehead atoms. The molecule has 1 amide bonds. The molecule has 0 saturated heterocycles. The second-order valence-corrected chi connectivity index (χ2v) is 5.43. The summed E-state index contributed by atoms with van der Waals surface area (Å²) in [5.41, 5.74) is 2.45. The van der Waals surface area contributed by atoms with E-state index in [1.807, 2.05) is 30.3 Å². The van der Waals surface area contributed by atoms with Crippen LogP contribution in [0.4, 0.5) is 10.5 Å². The minimum atomic E-state index is -0.938. The zero-order valence-electron chi connectivity index (χ0n) is 13.5. The lowest BCUT2D eigenvalue weighted by Gasteiger charge is -2.16. The van der Waals surface area contributed by atoms with E-state index in [4.69, 9.17) is 4.74 Å². The second kappa shape index (κ2) is 8.08. The number of pyridine rings is 1. The van der Waals surface area contributed by atoms with Crippen LogP contribution in [-0.4, -0.2) is 16.2 Å². The van der Waals surface area contributed by atoms with Gasteiger partial charge in [-0.05, 0) is 23.8 Å². The molecule has 0 spiro atoms. The van der Waals surface area contributed by atoms with Gasteiger partial charge < -0.3 is 9.84 Å². The van der Waals surface area contributed by atoms with Gasteiger partial charge in [-0.1, -0.05) is 54.6 Å². The largest absolute Gasteiger partial charge is 0.444 e. The van der Waals surface area contributed by atoms with Crippen molar-refractivity contribution in [3.63, 3.8) is 0 Å². The molecule has 0 radical (unpaired) electrons. The van der Waals surface area contributed by atoms with Crippen molar-refractivity contribution in [1.82, 2.24) is 4.98 Å². The second-order valence-electron chi connectivity index (χ2n) is 5.43. The van der Waals surface area contributed by atoms with Gasteiger partial charge >= 0.3 is 6.09 Å². The van der Waals surface area contributed by atoms with E-state index in [-0.39, 0.29) is 6.61 Å². The number of rotatable bonds is 5. The van der Waals surface area contributed by atoms with Crippen LogP contribution in [0, 0.1) is 0 Å². The number of nitrogens with zero attached hydrogens (tertiary/aromatic N) is 1. The molecule has 5 nitrogen and oxygen atoms in total. The van der Waals surface area contributed by atoms with Crippen LogP contribution in [0.5, 0.6) is 0 Å². The van der Waals surface area contributed by atoms with Crippen LogP contribution in [0.2, 0.25) is 0 Å². The lowest BCUT2D eigenvalue weighted by molar-refractivity contribution is 0.155. The minimum Gasteiger partial charge on any atom is -0.444 e. The standard InChI is InChI=1S/C20H18N2O3/c23-19(18-12-6-7-13-21-18)16-10-4-5-11-17(16)22-20(24)25-14-15-8-2-1-3-9-15/h1-13,19,23H,14H2,(H,22,24). The van der Waals surface area contributed by atoms with Crippen molar-refractivity contribution in [2.24, 2.45) is 0 Å². The highest BCUT2D eigenvalue weighted by Crippen LogP contribution is 2.27. The molecule has 25 heavy (non-hydrogen) atoms. The molecular weight excluding hydrogens is 316 g/mol. The number of carbonyl (C=O) groups excluding carboxylic acids is 1. The van der Waals surface area contributed by atoms with E-state index in [9.17, 15) is 9.90 Å². The molecular formula is C20H18N2O3. The van der Waals surface area contributed by atoms with Gasteiger partial charge in [0.15, 0.2) is 0 Å². The summed E-state index contributed by atoms with van der Waals surface area (Å²) in [5, 5.41) is 13.2. The molecule has 2 N–H and O–H groups in total. The molecule has 1 atom stereocenters. The molecule has 0 aliphatic rings. The maximum Gasteiger partial charge on any atom is 0.411 e. The van der Waals surface area contributed by atoms with Gasteiger partial charge in [0.2, 0.25) is 0 Å². The predicted molar refractivity (Wildman–Crippen MR) is 95.0 cm³/mol. The molecule has 0 aliphatic carbocycles. The molecule has 0 saturated carbocycles. The lowest BCUT2D eigenvalue weighted by atomic mass is 10.0. The van der Waals surface area contributed by atoms with E-state index >= 15 is 0 Å². The fraction of sp³-hybridized carbons (Fsp3) is 0.100. The number of hydrogen-bond donors (Lipinski definition) is 2. The summed E-state index contributed by atoms with van der Waals surface area (Å²) in [5.74, 6) is 0. The van der Waals surface area contributed by atoms with Crippen LogP contribution >= 0.6 is 0 Å². The molecule has 1 aromatic heterocycles. The number of nitrogens with one attached hydrogen (secondary N) is 1. The monoisotopic (exact) mass is 334 g/mol. The van der Waals surface area contributed by atoms with Crippen LogP contribution in [-0.2, 0) is 11.3 Å². The van der Waals surface area contributed by atoms with Crippen LogP contribution < -0.4 is 5.32 Å². The Morgan fingerprint density at radius 3 is 2.48 bits per heavy atom. The van der Waals surface area contributed by atoms with E-state index in [2.05, 4.69) is 10.3 Å². The minimum absolute atomic E-state index is 0.178. The predicted octanol–water partition coefficient (Wildman–Crippen LogP) is 3.91. The highest BCUT2D eigenvalue weighted by molar-refractivity contribution is 5.85. The summed E-state index contributed by atoms with van der Waals surface area (Å²) < 4.78 is 5.23. The fourth-order valence-electron chi connectivity index (χ4n) is 2.42. The zero-order chi connectivity index (χ0) is 17.5. The number of ether oxygens (including phenoxy) is 1. The molecule has 0 fully saturated rings. The molecule has 5 heteroatoms. The number of aliphatic hydroxyl groups excluding tert-OH is 1. The van der Waals surface area contributed by atoms with Gasteiger partial charge in [-0.2, -0.15) is 0 Å². The summed E-state index contributed by atoms with van der Waals surface area (Å²) >= 11 is 0. The Morgan fingerprint density at radius 1 is 1.00 bits per heavy atom. The molecule has 0 aliphatic heterocycles. The number of aliphatic hydroxyl groups is 1. The number of amides is 1. The van der Waals surface area contributed by atoms with Gasteiger partial charge in [-0.15, -0.1) is 0 Å². The molecule has 3 rings (SSSR count). The molecule has 2 aromatic carbocycles. The number of para-hydroxylation sites is 1. The van der Waals surface area contributed by atoms with Crippen molar-refractivity contribution in [3.8, 4) is 0 Å². The van der Waals surface area contributed by atoms with Crippen LogP contribution in [0.1, 0.15) is 22.9 Å². The molecule has 1 unspecified atom stereocenters. The average molecular weight is 334 g/mol. The van der Waals surface area contributed by atoms with Crippen LogP contribution in [0.3, 0.4) is 0 Å². The van der Waals surface area contributed by atoms with Gasteiger partial charge in [0.1, 0.15) is 12.7 Å². The Kier molecular flexibility index (Phi) is 5.39. The van der Waals surface area contributed by atoms with Crippen LogP contribution in [0.15, 0.2) is 79.0 Å². The Labute approximate surface area is 145 Å². The quantitative estimate of drug-likeness (QED) is 0.742. The van der Waals surface area contributed by atoms with Gasteiger partial charge in [0, 0.05) is 11.8 Å². The topological polar surface area (TPSA) is 71.5 Å². The molecule has 3 aromatic rings. The first-order valence-corrected chi connectivity index (χ1v) is 7.89. The first kappa shape index (κ1) is 16.7. The summed E-state index contributed by atoms with van der Waals surface area (Å²) in [7, 11) is 0. The molecule has 1 heterocycles. The van der Waals surface area contributed by atoms with E-state index in [0.717, 1.165) is 5.56 Å². The Hall–Kier alpha value is -3.18. The van der Waals surface area contributed by atoms with Gasteiger partial charge in [-0.3, -0.25) is 10.3 Å². The Morgan fingerprint density at radius 2 is 1.72 bits per heavy atom. The Balaban J connectivity index is 1.69. The van der Waals surface area contributed by atoms with Gasteiger partial charge in [0.25, 0.3) is 0 Å². The SMILES string of the molecule is O=C(Nc1ccccc1C(O)c1ccccn1)OCc1ccccc1. The van der Waals surface area contributed by atoms with E-state index in [1.165, 1.54) is 0 Å². The first-order valence-electron chi connectivity index (χ1n) is 7.89. The summed E-state index contributed by atoms with van der Waals surface area (Å²) in [6, 6.07) is 21.8. The third-order valence-electron chi connectivity index (χ3n) is 3.67.